The largest absolute Gasteiger partial charge is 0.493 e. The molecular weight excluding hydrogens is 390 g/mol. The highest BCUT2D eigenvalue weighted by atomic mass is 32.1. The fourth-order valence-electron chi connectivity index (χ4n) is 3.23. The number of nitrogens with zero attached hydrogens (tertiary/aromatic N) is 1. The fourth-order valence-corrected chi connectivity index (χ4v) is 3.97. The van der Waals surface area contributed by atoms with Crippen molar-refractivity contribution in [1.29, 1.82) is 0 Å². The van der Waals surface area contributed by atoms with Gasteiger partial charge in [-0.25, -0.2) is 0 Å². The Labute approximate surface area is 173 Å². The zero-order chi connectivity index (χ0) is 20.2. The Hall–Kier alpha value is -3.19. The monoisotopic (exact) mass is 411 g/mol. The summed E-state index contributed by atoms with van der Waals surface area (Å²) in [6.07, 6.45) is 13.1. The average Bonchev–Trinajstić information content (AvgIpc) is 3.28. The van der Waals surface area contributed by atoms with Crippen LogP contribution in [0.1, 0.15) is 18.4 Å². The SMILES string of the molecule is COc1cc(-c2sncc2C2=COC=C(C3=CC=CCC3)O2)cc(OC)c1OC. The molecule has 0 bridgehead atoms. The molecule has 4 rings (SSSR count). The number of aromatic nitrogens is 1. The van der Waals surface area contributed by atoms with Crippen molar-refractivity contribution in [2.24, 2.45) is 0 Å². The summed E-state index contributed by atoms with van der Waals surface area (Å²) >= 11 is 1.36. The van der Waals surface area contributed by atoms with Crippen LogP contribution in [0.2, 0.25) is 0 Å². The molecule has 1 aliphatic heterocycles. The molecule has 2 aliphatic rings. The molecule has 29 heavy (non-hydrogen) atoms. The van der Waals surface area contributed by atoms with Crippen LogP contribution >= 0.6 is 11.5 Å². The van der Waals surface area contributed by atoms with Crippen molar-refractivity contribution in [1.82, 2.24) is 4.37 Å². The summed E-state index contributed by atoms with van der Waals surface area (Å²) in [6.45, 7) is 0. The predicted octanol–water partition coefficient (Wildman–Crippen LogP) is 5.30. The predicted molar refractivity (Wildman–Crippen MR) is 112 cm³/mol. The Bertz CT molecular complexity index is 1010. The van der Waals surface area contributed by atoms with Crippen LogP contribution in [-0.4, -0.2) is 25.7 Å². The molecule has 2 aromatic rings. The highest BCUT2D eigenvalue weighted by Gasteiger charge is 2.23. The normalized spacial score (nSPS) is 15.5. The lowest BCUT2D eigenvalue weighted by Gasteiger charge is -2.20. The highest BCUT2D eigenvalue weighted by Crippen LogP contribution is 2.44. The Morgan fingerprint density at radius 1 is 1.00 bits per heavy atom. The molecule has 0 saturated carbocycles. The number of hydrogen-bond acceptors (Lipinski definition) is 7. The van der Waals surface area contributed by atoms with Crippen LogP contribution in [0.4, 0.5) is 0 Å². The molecule has 1 aliphatic carbocycles. The first-order chi connectivity index (χ1) is 14.2. The van der Waals surface area contributed by atoms with E-state index in [2.05, 4.69) is 10.4 Å². The smallest absolute Gasteiger partial charge is 0.203 e. The maximum Gasteiger partial charge on any atom is 0.203 e. The van der Waals surface area contributed by atoms with Crippen molar-refractivity contribution in [2.45, 2.75) is 12.8 Å². The van der Waals surface area contributed by atoms with E-state index in [0.717, 1.165) is 34.4 Å². The lowest BCUT2D eigenvalue weighted by molar-refractivity contribution is 0.285. The fraction of sp³-hybridized carbons (Fsp3) is 0.227. The van der Waals surface area contributed by atoms with Crippen molar-refractivity contribution >= 4 is 17.3 Å². The van der Waals surface area contributed by atoms with Crippen LogP contribution in [0.15, 0.2) is 60.4 Å². The highest BCUT2D eigenvalue weighted by molar-refractivity contribution is 7.09. The number of allylic oxidation sites excluding steroid dienone is 4. The van der Waals surface area contributed by atoms with Gasteiger partial charge in [-0.2, -0.15) is 4.37 Å². The Morgan fingerprint density at radius 3 is 2.41 bits per heavy atom. The minimum atomic E-state index is 0.545. The second-order valence-electron chi connectivity index (χ2n) is 6.34. The van der Waals surface area contributed by atoms with Crippen LogP contribution in [-0.2, 0) is 9.47 Å². The molecule has 0 saturated heterocycles. The standard InChI is InChI=1S/C22H21NO5S/c1-24-17-9-15(10-18(25-2)21(17)26-3)22-16(11-23-29-22)20-13-27-12-19(28-20)14-7-5-4-6-8-14/h4-5,7,9-13H,6,8H2,1-3H3. The molecule has 2 heterocycles. The lowest BCUT2D eigenvalue weighted by Crippen LogP contribution is -2.03. The van der Waals surface area contributed by atoms with Crippen LogP contribution < -0.4 is 14.2 Å². The van der Waals surface area contributed by atoms with Gasteiger partial charge in [0, 0.05) is 5.56 Å². The van der Waals surface area contributed by atoms with E-state index in [1.165, 1.54) is 11.5 Å². The Morgan fingerprint density at radius 2 is 1.76 bits per heavy atom. The van der Waals surface area contributed by atoms with Crippen molar-refractivity contribution in [2.75, 3.05) is 21.3 Å². The summed E-state index contributed by atoms with van der Waals surface area (Å²) in [5.74, 6) is 3.03. The lowest BCUT2D eigenvalue weighted by atomic mass is 10.0. The maximum atomic E-state index is 6.17. The Balaban J connectivity index is 1.68. The van der Waals surface area contributed by atoms with Crippen molar-refractivity contribution < 1.29 is 23.7 Å². The van der Waals surface area contributed by atoms with Gasteiger partial charge >= 0.3 is 0 Å². The molecule has 0 amide bonds. The minimum Gasteiger partial charge on any atom is -0.493 e. The van der Waals surface area contributed by atoms with Gasteiger partial charge in [-0.05, 0) is 42.1 Å². The van der Waals surface area contributed by atoms with E-state index >= 15 is 0 Å². The molecule has 0 radical (unpaired) electrons. The second kappa shape index (κ2) is 8.45. The number of benzene rings is 1. The summed E-state index contributed by atoms with van der Waals surface area (Å²) in [7, 11) is 4.77. The zero-order valence-electron chi connectivity index (χ0n) is 16.4. The third kappa shape index (κ3) is 3.73. The summed E-state index contributed by atoms with van der Waals surface area (Å²) in [6, 6.07) is 3.79. The van der Waals surface area contributed by atoms with E-state index in [0.29, 0.717) is 28.8 Å². The van der Waals surface area contributed by atoms with Gasteiger partial charge in [0.15, 0.2) is 23.0 Å². The summed E-state index contributed by atoms with van der Waals surface area (Å²) in [4.78, 5) is 0.915. The minimum absolute atomic E-state index is 0.545. The molecule has 1 aromatic heterocycles. The van der Waals surface area contributed by atoms with Gasteiger partial charge in [0.1, 0.15) is 12.5 Å². The molecule has 0 unspecified atom stereocenters. The third-order valence-electron chi connectivity index (χ3n) is 4.66. The molecule has 150 valence electrons. The summed E-state index contributed by atoms with van der Waals surface area (Å²) < 4.78 is 32.5. The van der Waals surface area contributed by atoms with E-state index < -0.39 is 0 Å². The zero-order valence-corrected chi connectivity index (χ0v) is 17.2. The topological polar surface area (TPSA) is 59.0 Å². The van der Waals surface area contributed by atoms with Gasteiger partial charge in [0.2, 0.25) is 5.75 Å². The number of methoxy groups -OCH3 is 3. The second-order valence-corrected chi connectivity index (χ2v) is 7.15. The first-order valence-corrected chi connectivity index (χ1v) is 9.87. The Kier molecular flexibility index (Phi) is 5.57. The van der Waals surface area contributed by atoms with E-state index in [1.807, 2.05) is 24.3 Å². The van der Waals surface area contributed by atoms with Crippen LogP contribution in [0.5, 0.6) is 17.2 Å². The average molecular weight is 411 g/mol. The van der Waals surface area contributed by atoms with Crippen molar-refractivity contribution in [3.8, 4) is 27.7 Å². The van der Waals surface area contributed by atoms with Gasteiger partial charge in [-0.1, -0.05) is 18.2 Å². The maximum absolute atomic E-state index is 6.17. The van der Waals surface area contributed by atoms with Crippen molar-refractivity contribution in [3.63, 3.8) is 0 Å². The van der Waals surface area contributed by atoms with E-state index in [9.17, 15) is 0 Å². The number of ether oxygens (including phenoxy) is 5. The van der Waals surface area contributed by atoms with E-state index in [1.54, 1.807) is 40.1 Å². The van der Waals surface area contributed by atoms with Crippen LogP contribution in [0, 0.1) is 0 Å². The molecule has 0 spiro atoms. The third-order valence-corrected chi connectivity index (χ3v) is 5.51. The van der Waals surface area contributed by atoms with E-state index in [-0.39, 0.29) is 0 Å². The first-order valence-electron chi connectivity index (χ1n) is 9.10. The molecule has 0 fully saturated rings. The van der Waals surface area contributed by atoms with E-state index in [4.69, 9.17) is 23.7 Å². The summed E-state index contributed by atoms with van der Waals surface area (Å²) in [5, 5.41) is 0. The van der Waals surface area contributed by atoms with Crippen LogP contribution in [0.25, 0.3) is 16.2 Å². The van der Waals surface area contributed by atoms with Gasteiger partial charge in [-0.3, -0.25) is 0 Å². The molecule has 6 nitrogen and oxygen atoms in total. The molecule has 1 aromatic carbocycles. The van der Waals surface area contributed by atoms with Gasteiger partial charge in [0.05, 0.1) is 38.0 Å². The molecular formula is C22H21NO5S. The van der Waals surface area contributed by atoms with Gasteiger partial charge < -0.3 is 23.7 Å². The first kappa shape index (κ1) is 19.1. The quantitative estimate of drug-likeness (QED) is 0.643. The van der Waals surface area contributed by atoms with Gasteiger partial charge in [-0.15, -0.1) is 0 Å². The molecule has 0 N–H and O–H groups in total. The number of hydrogen-bond donors (Lipinski definition) is 0. The molecule has 7 heteroatoms. The molecule has 0 atom stereocenters. The summed E-state index contributed by atoms with van der Waals surface area (Å²) in [5.41, 5.74) is 2.83. The van der Waals surface area contributed by atoms with Gasteiger partial charge in [0.25, 0.3) is 0 Å². The van der Waals surface area contributed by atoms with Crippen LogP contribution in [0.3, 0.4) is 0 Å². The van der Waals surface area contributed by atoms with Crippen molar-refractivity contribution in [3.05, 3.63) is 66.0 Å². The number of rotatable bonds is 6.